The first kappa shape index (κ1) is 15.2. The van der Waals surface area contributed by atoms with Gasteiger partial charge in [-0.2, -0.15) is 0 Å². The first-order valence-corrected chi connectivity index (χ1v) is 7.72. The van der Waals surface area contributed by atoms with Gasteiger partial charge in [-0.1, -0.05) is 26.0 Å². The Morgan fingerprint density at radius 1 is 1.22 bits per heavy atom. The van der Waals surface area contributed by atoms with Crippen molar-refractivity contribution in [2.75, 3.05) is 0 Å². The molecule has 2 aromatic heterocycles. The summed E-state index contributed by atoms with van der Waals surface area (Å²) in [7, 11) is 0. The topological polar surface area (TPSA) is 68.0 Å². The van der Waals surface area contributed by atoms with Gasteiger partial charge in [0.05, 0.1) is 28.6 Å². The predicted octanol–water partition coefficient (Wildman–Crippen LogP) is 3.69. The van der Waals surface area contributed by atoms with E-state index in [0.29, 0.717) is 18.0 Å². The largest absolute Gasteiger partial charge is 0.478 e. The van der Waals surface area contributed by atoms with E-state index in [1.54, 1.807) is 12.1 Å². The maximum atomic E-state index is 10.9. The van der Waals surface area contributed by atoms with Crippen molar-refractivity contribution in [1.29, 1.82) is 0 Å². The van der Waals surface area contributed by atoms with Crippen LogP contribution in [0.4, 0.5) is 0 Å². The first-order valence-electron chi connectivity index (χ1n) is 7.72. The maximum absolute atomic E-state index is 10.9. The van der Waals surface area contributed by atoms with Crippen molar-refractivity contribution < 1.29 is 9.90 Å². The number of carboxylic acid groups (broad SMARTS) is 1. The quantitative estimate of drug-likeness (QED) is 0.780. The van der Waals surface area contributed by atoms with Crippen molar-refractivity contribution in [1.82, 2.24) is 14.5 Å². The number of benzene rings is 1. The number of nitrogens with zero attached hydrogens (tertiary/aromatic N) is 3. The van der Waals surface area contributed by atoms with Crippen LogP contribution >= 0.6 is 0 Å². The number of carbonyl (C=O) groups is 1. The van der Waals surface area contributed by atoms with E-state index in [1.165, 1.54) is 0 Å². The Balaban J connectivity index is 1.98. The molecule has 0 fully saturated rings. The lowest BCUT2D eigenvalue weighted by Gasteiger charge is -2.12. The number of rotatable bonds is 5. The molecule has 0 saturated carbocycles. The lowest BCUT2D eigenvalue weighted by atomic mass is 10.0. The predicted molar refractivity (Wildman–Crippen MR) is 88.7 cm³/mol. The fraction of sp³-hybridized carbons (Fsp3) is 0.278. The number of pyridine rings is 1. The Hall–Kier alpha value is -2.69. The second-order valence-corrected chi connectivity index (χ2v) is 5.75. The van der Waals surface area contributed by atoms with Gasteiger partial charge in [0.15, 0.2) is 0 Å². The van der Waals surface area contributed by atoms with Gasteiger partial charge in [0.1, 0.15) is 0 Å². The number of fused-ring (bicyclic) bond motifs is 1. The summed E-state index contributed by atoms with van der Waals surface area (Å²) in [5, 5.41) is 8.97. The molecule has 0 spiro atoms. The number of aromatic carboxylic acids is 1. The van der Waals surface area contributed by atoms with Crippen LogP contribution in [0.2, 0.25) is 0 Å². The summed E-state index contributed by atoms with van der Waals surface area (Å²) >= 11 is 0. The molecule has 2 heterocycles. The molecule has 1 N–H and O–H groups in total. The molecule has 0 aliphatic rings. The van der Waals surface area contributed by atoms with Gasteiger partial charge < -0.3 is 9.67 Å². The summed E-state index contributed by atoms with van der Waals surface area (Å²) in [5.41, 5.74) is 4.39. The highest BCUT2D eigenvalue weighted by atomic mass is 16.4. The first-order chi connectivity index (χ1) is 11.1. The van der Waals surface area contributed by atoms with Gasteiger partial charge in [0, 0.05) is 18.7 Å². The highest BCUT2D eigenvalue weighted by Gasteiger charge is 2.14. The molecule has 1 unspecified atom stereocenters. The Morgan fingerprint density at radius 3 is 2.61 bits per heavy atom. The van der Waals surface area contributed by atoms with Gasteiger partial charge in [-0.05, 0) is 30.2 Å². The molecule has 0 amide bonds. The van der Waals surface area contributed by atoms with Gasteiger partial charge in [-0.3, -0.25) is 4.98 Å². The average molecular weight is 309 g/mol. The van der Waals surface area contributed by atoms with Gasteiger partial charge >= 0.3 is 5.97 Å². The minimum atomic E-state index is -0.909. The average Bonchev–Trinajstić information content (AvgIpc) is 2.97. The summed E-state index contributed by atoms with van der Waals surface area (Å²) in [6.07, 6.45) is 4.65. The fourth-order valence-electron chi connectivity index (χ4n) is 2.67. The van der Waals surface area contributed by atoms with Crippen molar-refractivity contribution >= 4 is 17.0 Å². The number of hydrogen-bond acceptors (Lipinski definition) is 3. The monoisotopic (exact) mass is 309 g/mol. The lowest BCUT2D eigenvalue weighted by Crippen LogP contribution is -2.04. The van der Waals surface area contributed by atoms with E-state index >= 15 is 0 Å². The van der Waals surface area contributed by atoms with E-state index < -0.39 is 5.97 Å². The van der Waals surface area contributed by atoms with Crippen LogP contribution in [0.25, 0.3) is 11.0 Å². The van der Waals surface area contributed by atoms with Crippen LogP contribution in [-0.4, -0.2) is 25.6 Å². The molecule has 5 nitrogen and oxygen atoms in total. The minimum Gasteiger partial charge on any atom is -0.478 e. The molecule has 0 aliphatic heterocycles. The maximum Gasteiger partial charge on any atom is 0.335 e. The van der Waals surface area contributed by atoms with Crippen LogP contribution in [-0.2, 0) is 6.54 Å². The Bertz CT molecular complexity index is 837. The van der Waals surface area contributed by atoms with Crippen LogP contribution < -0.4 is 0 Å². The van der Waals surface area contributed by atoms with E-state index in [0.717, 1.165) is 28.7 Å². The van der Waals surface area contributed by atoms with E-state index in [-0.39, 0.29) is 0 Å². The standard InChI is InChI=1S/C18H19N3O2/c1-3-12(2)16-17-15(8-9-19-16)20-11-21(17)10-13-4-6-14(7-5-13)18(22)23/h4-9,11-12H,3,10H2,1-2H3,(H,22,23). The van der Waals surface area contributed by atoms with Gasteiger partial charge in [-0.15, -0.1) is 0 Å². The molecule has 118 valence electrons. The van der Waals surface area contributed by atoms with Crippen LogP contribution in [0.5, 0.6) is 0 Å². The number of imidazole rings is 1. The fourth-order valence-corrected chi connectivity index (χ4v) is 2.67. The lowest BCUT2D eigenvalue weighted by molar-refractivity contribution is 0.0697. The van der Waals surface area contributed by atoms with Crippen LogP contribution in [0.15, 0.2) is 42.9 Å². The van der Waals surface area contributed by atoms with Crippen molar-refractivity contribution in [3.8, 4) is 0 Å². The second-order valence-electron chi connectivity index (χ2n) is 5.75. The van der Waals surface area contributed by atoms with E-state index in [2.05, 4.69) is 28.4 Å². The SMILES string of the molecule is CCC(C)c1nccc2ncn(Cc3ccc(C(=O)O)cc3)c12. The van der Waals surface area contributed by atoms with Gasteiger partial charge in [0.25, 0.3) is 0 Å². The van der Waals surface area contributed by atoms with Crippen LogP contribution in [0.3, 0.4) is 0 Å². The zero-order chi connectivity index (χ0) is 16.4. The van der Waals surface area contributed by atoms with E-state index in [9.17, 15) is 4.79 Å². The third-order valence-electron chi connectivity index (χ3n) is 4.19. The number of carboxylic acids is 1. The summed E-state index contributed by atoms with van der Waals surface area (Å²) in [5.74, 6) is -0.545. The van der Waals surface area contributed by atoms with Crippen LogP contribution in [0, 0.1) is 0 Å². The highest BCUT2D eigenvalue weighted by Crippen LogP contribution is 2.25. The number of hydrogen-bond donors (Lipinski definition) is 1. The molecule has 3 rings (SSSR count). The molecule has 0 bridgehead atoms. The molecule has 0 saturated heterocycles. The van der Waals surface area contributed by atoms with Crippen molar-refractivity contribution in [3.63, 3.8) is 0 Å². The molecule has 5 heteroatoms. The molecule has 1 atom stereocenters. The summed E-state index contributed by atoms with van der Waals surface area (Å²) in [6.45, 7) is 4.96. The zero-order valence-electron chi connectivity index (χ0n) is 13.2. The van der Waals surface area contributed by atoms with Crippen LogP contribution in [0.1, 0.15) is 47.8 Å². The zero-order valence-corrected chi connectivity index (χ0v) is 13.2. The molecule has 0 radical (unpaired) electrons. The summed E-state index contributed by atoms with van der Waals surface area (Å²) in [4.78, 5) is 20.0. The van der Waals surface area contributed by atoms with Gasteiger partial charge in [-0.25, -0.2) is 9.78 Å². The molecule has 1 aromatic carbocycles. The summed E-state index contributed by atoms with van der Waals surface area (Å²) in [6, 6.07) is 8.86. The van der Waals surface area contributed by atoms with E-state index in [4.69, 9.17) is 5.11 Å². The highest BCUT2D eigenvalue weighted by molar-refractivity contribution is 5.87. The number of aromatic nitrogens is 3. The third kappa shape index (κ3) is 2.95. The Morgan fingerprint density at radius 2 is 1.96 bits per heavy atom. The van der Waals surface area contributed by atoms with Gasteiger partial charge in [0.2, 0.25) is 0 Å². The molecular formula is C18H19N3O2. The van der Waals surface area contributed by atoms with Crippen molar-refractivity contribution in [3.05, 3.63) is 59.7 Å². The molecular weight excluding hydrogens is 290 g/mol. The Kier molecular flexibility index (Phi) is 4.10. The Labute approximate surface area is 134 Å². The second kappa shape index (κ2) is 6.20. The third-order valence-corrected chi connectivity index (χ3v) is 4.19. The molecule has 23 heavy (non-hydrogen) atoms. The molecule has 3 aromatic rings. The minimum absolute atomic E-state index is 0.297. The smallest absolute Gasteiger partial charge is 0.335 e. The normalized spacial score (nSPS) is 12.4. The van der Waals surface area contributed by atoms with Crippen molar-refractivity contribution in [2.24, 2.45) is 0 Å². The van der Waals surface area contributed by atoms with Crippen molar-refractivity contribution in [2.45, 2.75) is 32.7 Å². The molecule has 0 aliphatic carbocycles. The summed E-state index contributed by atoms with van der Waals surface area (Å²) < 4.78 is 2.08. The van der Waals surface area contributed by atoms with E-state index in [1.807, 2.05) is 30.7 Å².